The molecule has 0 aliphatic rings. The van der Waals surface area contributed by atoms with E-state index < -0.39 is 10.4 Å². The zero-order valence-electron chi connectivity index (χ0n) is 7.98. The molecule has 0 heterocycles. The van der Waals surface area contributed by atoms with E-state index in [1.54, 1.807) is 0 Å². The molecule has 0 aliphatic carbocycles. The number of hydrogen-bond donors (Lipinski definition) is 0. The minimum absolute atomic E-state index is 0. The third-order valence-electron chi connectivity index (χ3n) is 0.764. The van der Waals surface area contributed by atoms with Crippen molar-refractivity contribution in [2.24, 2.45) is 0 Å². The van der Waals surface area contributed by atoms with E-state index in [0.29, 0.717) is 0 Å². The van der Waals surface area contributed by atoms with Crippen LogP contribution < -0.4 is 0 Å². The maximum Gasteiger partial charge on any atom is 0.426 e. The van der Waals surface area contributed by atoms with Crippen LogP contribution in [0.25, 0.3) is 0 Å². The van der Waals surface area contributed by atoms with E-state index in [4.69, 9.17) is 0 Å². The van der Waals surface area contributed by atoms with Gasteiger partial charge in [0.2, 0.25) is 0 Å². The molecule has 1 radical (unpaired) electrons. The molecule has 0 aromatic rings. The Morgan fingerprint density at radius 2 is 1.85 bits per heavy atom. The first-order valence-corrected chi connectivity index (χ1v) is 4.65. The van der Waals surface area contributed by atoms with Crippen LogP contribution in [0.1, 0.15) is 6.92 Å². The minimum Gasteiger partial charge on any atom is -0.382 e. The number of rotatable bonds is 7. The Morgan fingerprint density at radius 1 is 1.23 bits per heavy atom. The molecule has 0 spiro atoms. The van der Waals surface area contributed by atoms with Gasteiger partial charge < -0.3 is 4.74 Å². The Bertz CT molecular complexity index is 191. The molecule has 0 fully saturated rings. The van der Waals surface area contributed by atoms with Crippen LogP contribution in [-0.2, 0) is 28.5 Å². The quantitative estimate of drug-likeness (QED) is 0.250. The normalized spacial score (nSPS) is 10.9. The molecule has 0 saturated carbocycles. The van der Waals surface area contributed by atoms with Crippen molar-refractivity contribution in [1.82, 2.24) is 0 Å². The van der Waals surface area contributed by atoms with Gasteiger partial charge in [0.1, 0.15) is 6.61 Å². The summed E-state index contributed by atoms with van der Waals surface area (Å²) in [6.07, 6.45) is 0. The number of ether oxygens (including phenoxy) is 1. The van der Waals surface area contributed by atoms with Crippen LogP contribution in [0.5, 0.6) is 0 Å². The summed E-state index contributed by atoms with van der Waals surface area (Å²) < 4.78 is 33.9. The van der Waals surface area contributed by atoms with Gasteiger partial charge in [-0.05, 0) is 6.92 Å². The van der Waals surface area contributed by atoms with Gasteiger partial charge in [-0.25, -0.2) is 9.07 Å². The van der Waals surface area contributed by atoms with E-state index in [1.165, 1.54) is 14.0 Å². The molecule has 0 atom stereocenters. The smallest absolute Gasteiger partial charge is 0.382 e. The zero-order chi connectivity index (χ0) is 9.45. The molecule has 13 heavy (non-hydrogen) atoms. The van der Waals surface area contributed by atoms with Crippen LogP contribution in [-0.4, -0.2) is 64.9 Å². The largest absolute Gasteiger partial charge is 0.426 e. The molecule has 6 nitrogen and oxygen atoms in total. The van der Waals surface area contributed by atoms with Crippen LogP contribution in [0, 0.1) is 0 Å². The van der Waals surface area contributed by atoms with E-state index in [2.05, 4.69) is 18.1 Å². The van der Waals surface area contributed by atoms with Crippen LogP contribution in [0.2, 0.25) is 0 Å². The van der Waals surface area contributed by atoms with Crippen LogP contribution >= 0.6 is 0 Å². The molecule has 0 aromatic heterocycles. The Kier molecular flexibility index (Phi) is 11.7. The van der Waals surface area contributed by atoms with Crippen molar-refractivity contribution >= 4 is 40.0 Å². The standard InChI is InChI=1S/C5H12O6S.Na/c1-3-10-12(6,7)11-9-5-4-8-2;/h3-5H2,1-2H3;. The summed E-state index contributed by atoms with van der Waals surface area (Å²) in [6, 6.07) is 0. The number of hydrogen-bond acceptors (Lipinski definition) is 6. The third-order valence-corrected chi connectivity index (χ3v) is 1.55. The Balaban J connectivity index is 0. The molecule has 8 heteroatoms. The van der Waals surface area contributed by atoms with Gasteiger partial charge in [-0.15, -0.1) is 0 Å². The average Bonchev–Trinajstić information content (AvgIpc) is 1.98. The maximum atomic E-state index is 10.6. The van der Waals surface area contributed by atoms with E-state index in [1.807, 2.05) is 0 Å². The van der Waals surface area contributed by atoms with Crippen molar-refractivity contribution in [3.05, 3.63) is 0 Å². The van der Waals surface area contributed by atoms with Crippen LogP contribution in [0.15, 0.2) is 0 Å². The van der Waals surface area contributed by atoms with E-state index in [0.717, 1.165) is 0 Å². The molecule has 0 saturated heterocycles. The van der Waals surface area contributed by atoms with Gasteiger partial charge in [-0.2, -0.15) is 8.42 Å². The van der Waals surface area contributed by atoms with Crippen molar-refractivity contribution in [1.29, 1.82) is 0 Å². The molecule has 0 unspecified atom stereocenters. The first-order valence-electron chi connectivity index (χ1n) is 3.31. The summed E-state index contributed by atoms with van der Waals surface area (Å²) in [5.41, 5.74) is 0. The van der Waals surface area contributed by atoms with Gasteiger partial charge >= 0.3 is 10.4 Å². The van der Waals surface area contributed by atoms with Crippen molar-refractivity contribution in [3.63, 3.8) is 0 Å². The Hall–Kier alpha value is 0.790. The van der Waals surface area contributed by atoms with E-state index >= 15 is 0 Å². The van der Waals surface area contributed by atoms with Gasteiger partial charge in [0, 0.05) is 36.7 Å². The predicted molar refractivity (Wildman–Crippen MR) is 45.2 cm³/mol. The van der Waals surface area contributed by atoms with Gasteiger partial charge in [0.05, 0.1) is 13.2 Å². The third kappa shape index (κ3) is 10.7. The summed E-state index contributed by atoms with van der Waals surface area (Å²) in [4.78, 5) is 4.25. The number of methoxy groups -OCH3 is 1. The van der Waals surface area contributed by atoms with Crippen LogP contribution in [0.3, 0.4) is 0 Å². The summed E-state index contributed by atoms with van der Waals surface area (Å²) in [5, 5.41) is 0. The summed E-state index contributed by atoms with van der Waals surface area (Å²) in [5.74, 6) is 0. The first kappa shape index (κ1) is 16.2. The van der Waals surface area contributed by atoms with Gasteiger partial charge in [-0.3, -0.25) is 0 Å². The fraction of sp³-hybridized carbons (Fsp3) is 1.00. The van der Waals surface area contributed by atoms with Crippen LogP contribution in [0.4, 0.5) is 0 Å². The summed E-state index contributed by atoms with van der Waals surface area (Å²) in [7, 11) is -2.53. The molecule has 0 aromatic carbocycles. The second kappa shape index (κ2) is 9.35. The topological polar surface area (TPSA) is 71.1 Å². The fourth-order valence-electron chi connectivity index (χ4n) is 0.374. The molecule has 0 bridgehead atoms. The molecular formula is C5H12NaO6S. The maximum absolute atomic E-state index is 10.6. The van der Waals surface area contributed by atoms with E-state index in [-0.39, 0.29) is 49.4 Å². The van der Waals surface area contributed by atoms with Gasteiger partial charge in [-0.1, -0.05) is 4.33 Å². The summed E-state index contributed by atoms with van der Waals surface area (Å²) in [6.45, 7) is 1.82. The molecule has 0 amide bonds. The Labute approximate surface area is 100 Å². The molecule has 0 N–H and O–H groups in total. The monoisotopic (exact) mass is 223 g/mol. The zero-order valence-corrected chi connectivity index (χ0v) is 10.8. The van der Waals surface area contributed by atoms with Crippen molar-refractivity contribution in [2.45, 2.75) is 6.92 Å². The van der Waals surface area contributed by atoms with Crippen molar-refractivity contribution in [2.75, 3.05) is 26.9 Å². The van der Waals surface area contributed by atoms with Gasteiger partial charge in [0.25, 0.3) is 0 Å². The Morgan fingerprint density at radius 3 is 2.31 bits per heavy atom. The first-order chi connectivity index (χ1) is 5.62. The van der Waals surface area contributed by atoms with Crippen molar-refractivity contribution in [3.8, 4) is 0 Å². The van der Waals surface area contributed by atoms with E-state index in [9.17, 15) is 8.42 Å². The molecule has 0 rings (SSSR count). The second-order valence-corrected chi connectivity index (χ2v) is 2.89. The molecular weight excluding hydrogens is 211 g/mol. The predicted octanol–water partition coefficient (Wildman–Crippen LogP) is -0.518. The average molecular weight is 223 g/mol. The molecule has 75 valence electrons. The fourth-order valence-corrected chi connectivity index (χ4v) is 0.888. The molecule has 0 aliphatic heterocycles. The van der Waals surface area contributed by atoms with Gasteiger partial charge in [0.15, 0.2) is 0 Å². The van der Waals surface area contributed by atoms with Crippen molar-refractivity contribution < 1.29 is 26.6 Å². The second-order valence-electron chi connectivity index (χ2n) is 1.70. The SMILES string of the molecule is CCOS(=O)(=O)OOCCOC.[Na]. The minimum atomic E-state index is -3.99. The summed E-state index contributed by atoms with van der Waals surface area (Å²) >= 11 is 0.